The van der Waals surface area contributed by atoms with Gasteiger partial charge in [-0.15, -0.1) is 0 Å². The average Bonchev–Trinajstić information content (AvgIpc) is 2.27. The van der Waals surface area contributed by atoms with Gasteiger partial charge in [-0.2, -0.15) is 0 Å². The van der Waals surface area contributed by atoms with E-state index in [9.17, 15) is 4.39 Å². The molecule has 1 aromatic carbocycles. The summed E-state index contributed by atoms with van der Waals surface area (Å²) in [4.78, 5) is 0. The van der Waals surface area contributed by atoms with Gasteiger partial charge >= 0.3 is 0 Å². The first-order valence-corrected chi connectivity index (χ1v) is 6.95. The van der Waals surface area contributed by atoms with Crippen molar-refractivity contribution in [1.29, 1.82) is 0 Å². The Bertz CT molecular complexity index is 352. The number of hydrogen-bond acceptors (Lipinski definition) is 1. The maximum absolute atomic E-state index is 13.5. The number of halogens is 2. The highest BCUT2D eigenvalue weighted by atomic mass is 79.9. The first kappa shape index (κ1) is 14.7. The predicted molar refractivity (Wildman–Crippen MR) is 74.7 cm³/mol. The Morgan fingerprint density at radius 1 is 1.29 bits per heavy atom. The summed E-state index contributed by atoms with van der Waals surface area (Å²) < 4.78 is 14.4. The lowest BCUT2D eigenvalue weighted by molar-refractivity contribution is 0.450. The van der Waals surface area contributed by atoms with Crippen LogP contribution in [0.4, 0.5) is 4.39 Å². The molecule has 0 fully saturated rings. The summed E-state index contributed by atoms with van der Waals surface area (Å²) in [6, 6.07) is 5.65. The van der Waals surface area contributed by atoms with Gasteiger partial charge in [0.25, 0.3) is 0 Å². The fourth-order valence-electron chi connectivity index (χ4n) is 1.68. The zero-order valence-electron chi connectivity index (χ0n) is 10.8. The summed E-state index contributed by atoms with van der Waals surface area (Å²) in [6.45, 7) is 7.47. The van der Waals surface area contributed by atoms with Crippen LogP contribution in [0.1, 0.15) is 32.8 Å². The molecule has 0 bridgehead atoms. The third-order valence-electron chi connectivity index (χ3n) is 2.79. The molecule has 0 aromatic heterocycles. The van der Waals surface area contributed by atoms with Crippen LogP contribution >= 0.6 is 15.9 Å². The summed E-state index contributed by atoms with van der Waals surface area (Å²) in [5.74, 6) is 0.466. The minimum absolute atomic E-state index is 0.0998. The van der Waals surface area contributed by atoms with Crippen LogP contribution in [0, 0.1) is 11.7 Å². The Hall–Kier alpha value is -0.410. The quantitative estimate of drug-likeness (QED) is 0.832. The average molecular weight is 302 g/mol. The second-order valence-electron chi connectivity index (χ2n) is 4.94. The van der Waals surface area contributed by atoms with Gasteiger partial charge in [-0.25, -0.2) is 4.39 Å². The molecular formula is C14H21BrFN. The van der Waals surface area contributed by atoms with Crippen LogP contribution in [-0.4, -0.2) is 12.6 Å². The lowest BCUT2D eigenvalue weighted by Gasteiger charge is -2.15. The van der Waals surface area contributed by atoms with Crippen LogP contribution < -0.4 is 5.32 Å². The normalized spacial score (nSPS) is 13.1. The number of nitrogens with one attached hydrogen (secondary N) is 1. The summed E-state index contributed by atoms with van der Waals surface area (Å²) in [5.41, 5.74) is 0.802. The smallest absolute Gasteiger partial charge is 0.126 e. The molecular weight excluding hydrogens is 281 g/mol. The third-order valence-corrected chi connectivity index (χ3v) is 3.28. The van der Waals surface area contributed by atoms with E-state index in [2.05, 4.69) is 42.0 Å². The summed E-state index contributed by atoms with van der Waals surface area (Å²) >= 11 is 3.37. The van der Waals surface area contributed by atoms with Gasteiger partial charge in [0.2, 0.25) is 0 Å². The van der Waals surface area contributed by atoms with Crippen LogP contribution in [0.3, 0.4) is 0 Å². The van der Waals surface area contributed by atoms with Gasteiger partial charge in [-0.1, -0.05) is 36.7 Å². The molecule has 0 radical (unpaired) electrons. The molecule has 0 aliphatic heterocycles. The molecule has 1 nitrogen and oxygen atoms in total. The molecule has 1 atom stereocenters. The van der Waals surface area contributed by atoms with Gasteiger partial charge in [0.05, 0.1) is 0 Å². The first-order chi connectivity index (χ1) is 7.99. The minimum atomic E-state index is -0.0998. The zero-order valence-corrected chi connectivity index (χ0v) is 12.3. The lowest BCUT2D eigenvalue weighted by Crippen LogP contribution is -2.28. The van der Waals surface area contributed by atoms with Crippen molar-refractivity contribution in [3.8, 4) is 0 Å². The van der Waals surface area contributed by atoms with E-state index in [0.717, 1.165) is 29.4 Å². The highest BCUT2D eigenvalue weighted by Crippen LogP contribution is 2.18. The van der Waals surface area contributed by atoms with Crippen molar-refractivity contribution in [3.05, 3.63) is 34.1 Å². The molecule has 1 rings (SSSR count). The van der Waals surface area contributed by atoms with E-state index in [4.69, 9.17) is 0 Å². The van der Waals surface area contributed by atoms with E-state index < -0.39 is 0 Å². The van der Waals surface area contributed by atoms with Crippen LogP contribution in [0.15, 0.2) is 22.7 Å². The summed E-state index contributed by atoms with van der Waals surface area (Å²) in [5, 5.41) is 3.40. The molecule has 1 N–H and O–H groups in total. The van der Waals surface area contributed by atoms with Crippen molar-refractivity contribution in [2.24, 2.45) is 5.92 Å². The number of rotatable bonds is 6. The fraction of sp³-hybridized carbons (Fsp3) is 0.571. The minimum Gasteiger partial charge on any atom is -0.314 e. The molecule has 0 saturated carbocycles. The number of aryl methyl sites for hydroxylation is 1. The SMILES string of the molecule is CC(CCc1cc(Br)ccc1F)CNC(C)C. The van der Waals surface area contributed by atoms with Gasteiger partial charge in [-0.05, 0) is 49.1 Å². The second-order valence-corrected chi connectivity index (χ2v) is 5.86. The lowest BCUT2D eigenvalue weighted by atomic mass is 10.0. The largest absolute Gasteiger partial charge is 0.314 e. The molecule has 96 valence electrons. The van der Waals surface area contributed by atoms with E-state index in [1.807, 2.05) is 6.07 Å². The summed E-state index contributed by atoms with van der Waals surface area (Å²) in [6.07, 6.45) is 1.80. The topological polar surface area (TPSA) is 12.0 Å². The van der Waals surface area contributed by atoms with E-state index >= 15 is 0 Å². The molecule has 0 aliphatic rings. The Balaban J connectivity index is 2.41. The molecule has 0 heterocycles. The third kappa shape index (κ3) is 5.64. The van der Waals surface area contributed by atoms with Crippen molar-refractivity contribution in [1.82, 2.24) is 5.32 Å². The van der Waals surface area contributed by atoms with Crippen molar-refractivity contribution in [2.45, 2.75) is 39.7 Å². The Morgan fingerprint density at radius 3 is 2.65 bits per heavy atom. The number of benzene rings is 1. The Labute approximate surface area is 112 Å². The Kier molecular flexibility index (Phi) is 6.14. The predicted octanol–water partition coefficient (Wildman–Crippen LogP) is 4.15. The number of hydrogen-bond donors (Lipinski definition) is 1. The van der Waals surface area contributed by atoms with Crippen LogP contribution in [0.2, 0.25) is 0 Å². The van der Waals surface area contributed by atoms with Crippen molar-refractivity contribution in [2.75, 3.05) is 6.54 Å². The monoisotopic (exact) mass is 301 g/mol. The van der Waals surface area contributed by atoms with Crippen LogP contribution in [0.5, 0.6) is 0 Å². The molecule has 0 saturated heterocycles. The highest BCUT2D eigenvalue weighted by molar-refractivity contribution is 9.10. The second kappa shape index (κ2) is 7.12. The highest BCUT2D eigenvalue weighted by Gasteiger charge is 2.07. The molecule has 3 heteroatoms. The van der Waals surface area contributed by atoms with Gasteiger partial charge in [0.1, 0.15) is 5.82 Å². The van der Waals surface area contributed by atoms with Crippen molar-refractivity contribution < 1.29 is 4.39 Å². The van der Waals surface area contributed by atoms with Crippen molar-refractivity contribution in [3.63, 3.8) is 0 Å². The van der Waals surface area contributed by atoms with Gasteiger partial charge in [0.15, 0.2) is 0 Å². The molecule has 0 spiro atoms. The van der Waals surface area contributed by atoms with E-state index in [0.29, 0.717) is 12.0 Å². The van der Waals surface area contributed by atoms with Crippen LogP contribution in [0.25, 0.3) is 0 Å². The molecule has 0 amide bonds. The van der Waals surface area contributed by atoms with Gasteiger partial charge in [-0.3, -0.25) is 0 Å². The maximum Gasteiger partial charge on any atom is 0.126 e. The van der Waals surface area contributed by atoms with Crippen molar-refractivity contribution >= 4 is 15.9 Å². The van der Waals surface area contributed by atoms with E-state index in [1.54, 1.807) is 6.07 Å². The van der Waals surface area contributed by atoms with Gasteiger partial charge < -0.3 is 5.32 Å². The maximum atomic E-state index is 13.5. The van der Waals surface area contributed by atoms with Crippen LogP contribution in [-0.2, 0) is 6.42 Å². The first-order valence-electron chi connectivity index (χ1n) is 6.16. The Morgan fingerprint density at radius 2 is 2.00 bits per heavy atom. The van der Waals surface area contributed by atoms with E-state index in [1.165, 1.54) is 6.07 Å². The fourth-order valence-corrected chi connectivity index (χ4v) is 2.08. The molecule has 1 aromatic rings. The summed E-state index contributed by atoms with van der Waals surface area (Å²) in [7, 11) is 0. The molecule has 17 heavy (non-hydrogen) atoms. The standard InChI is InChI=1S/C14H21BrFN/c1-10(2)17-9-11(3)4-5-12-8-13(15)6-7-14(12)16/h6-8,10-11,17H,4-5,9H2,1-3H3. The zero-order chi connectivity index (χ0) is 12.8. The molecule has 0 aliphatic carbocycles. The van der Waals surface area contributed by atoms with Gasteiger partial charge in [0, 0.05) is 10.5 Å². The molecule has 1 unspecified atom stereocenters. The van der Waals surface area contributed by atoms with E-state index in [-0.39, 0.29) is 5.82 Å².